The fraction of sp³-hybridized carbons (Fsp3) is 0.188. The highest BCUT2D eigenvalue weighted by Crippen LogP contribution is 2.18. The van der Waals surface area contributed by atoms with Crippen molar-refractivity contribution in [2.45, 2.75) is 11.3 Å². The first-order chi connectivity index (χ1) is 10.2. The second-order valence-electron chi connectivity index (χ2n) is 4.32. The first-order valence-electron chi connectivity index (χ1n) is 6.46. The van der Waals surface area contributed by atoms with Crippen molar-refractivity contribution in [3.63, 3.8) is 0 Å². The molecular weight excluding hydrogens is 350 g/mol. The lowest BCUT2D eigenvalue weighted by molar-refractivity contribution is 0.317. The second-order valence-corrected chi connectivity index (χ2v) is 6.80. The van der Waals surface area contributed by atoms with Gasteiger partial charge in [-0.3, -0.25) is 4.21 Å². The Balaban J connectivity index is 1.82. The first-order valence-corrected chi connectivity index (χ1v) is 8.58. The summed E-state index contributed by atoms with van der Waals surface area (Å²) in [5.41, 5.74) is 0.519. The molecule has 0 aromatic heterocycles. The molecule has 1 unspecified atom stereocenters. The van der Waals surface area contributed by atoms with Gasteiger partial charge in [-0.05, 0) is 36.8 Å². The first kappa shape index (κ1) is 15.7. The van der Waals surface area contributed by atoms with Crippen LogP contribution in [0.2, 0.25) is 0 Å². The Kier molecular flexibility index (Phi) is 5.97. The lowest BCUT2D eigenvalue weighted by atomic mass is 10.2. The van der Waals surface area contributed by atoms with E-state index in [1.165, 1.54) is 0 Å². The minimum Gasteiger partial charge on any atom is -0.492 e. The maximum atomic E-state index is 12.1. The molecule has 0 bridgehead atoms. The van der Waals surface area contributed by atoms with E-state index in [9.17, 15) is 4.21 Å². The van der Waals surface area contributed by atoms with Crippen LogP contribution < -0.4 is 4.74 Å². The van der Waals surface area contributed by atoms with Crippen molar-refractivity contribution in [1.29, 1.82) is 5.26 Å². The molecular formula is C16H14BrNO2S. The van der Waals surface area contributed by atoms with Crippen LogP contribution in [0.5, 0.6) is 5.75 Å². The molecule has 0 aliphatic heterocycles. The molecule has 5 heteroatoms. The number of hydrogen-bond donors (Lipinski definition) is 0. The maximum absolute atomic E-state index is 12.1. The van der Waals surface area contributed by atoms with Crippen LogP contribution in [0, 0.1) is 11.3 Å². The summed E-state index contributed by atoms with van der Waals surface area (Å²) in [7, 11) is -1.03. The summed E-state index contributed by atoms with van der Waals surface area (Å²) >= 11 is 3.37. The Morgan fingerprint density at radius 2 is 2.00 bits per heavy atom. The highest BCUT2D eigenvalue weighted by atomic mass is 79.9. The van der Waals surface area contributed by atoms with E-state index in [4.69, 9.17) is 10.00 Å². The fourth-order valence-corrected chi connectivity index (χ4v) is 3.44. The van der Waals surface area contributed by atoms with E-state index in [1.54, 1.807) is 18.2 Å². The molecule has 2 aromatic rings. The van der Waals surface area contributed by atoms with Crippen LogP contribution in [-0.4, -0.2) is 16.6 Å². The van der Waals surface area contributed by atoms with E-state index in [-0.39, 0.29) is 0 Å². The number of ether oxygens (including phenoxy) is 1. The summed E-state index contributed by atoms with van der Waals surface area (Å²) in [6.07, 6.45) is 0.666. The average molecular weight is 364 g/mol. The van der Waals surface area contributed by atoms with Gasteiger partial charge in [-0.15, -0.1) is 0 Å². The quantitative estimate of drug-likeness (QED) is 0.731. The number of rotatable bonds is 6. The molecule has 2 rings (SSSR count). The number of nitriles is 1. The van der Waals surface area contributed by atoms with Crippen LogP contribution in [0.1, 0.15) is 12.0 Å². The standard InChI is InChI=1S/C16H14BrNO2S/c17-14-6-3-7-15(11-14)21(19)10-4-9-20-16-8-2-1-5-13(16)12-18/h1-3,5-8,11H,4,9-10H2. The van der Waals surface area contributed by atoms with Crippen molar-refractivity contribution in [2.24, 2.45) is 0 Å². The van der Waals surface area contributed by atoms with Gasteiger partial charge in [0.2, 0.25) is 0 Å². The van der Waals surface area contributed by atoms with Crippen LogP contribution in [0.4, 0.5) is 0 Å². The number of nitrogens with zero attached hydrogens (tertiary/aromatic N) is 1. The molecule has 0 spiro atoms. The van der Waals surface area contributed by atoms with Gasteiger partial charge < -0.3 is 4.74 Å². The molecule has 0 heterocycles. The molecule has 0 amide bonds. The average Bonchev–Trinajstić information content (AvgIpc) is 2.51. The third-order valence-corrected chi connectivity index (χ3v) is 4.73. The van der Waals surface area contributed by atoms with Gasteiger partial charge in [0.15, 0.2) is 0 Å². The van der Waals surface area contributed by atoms with Crippen molar-refractivity contribution < 1.29 is 8.95 Å². The van der Waals surface area contributed by atoms with Gasteiger partial charge in [0.25, 0.3) is 0 Å². The zero-order chi connectivity index (χ0) is 15.1. The van der Waals surface area contributed by atoms with Gasteiger partial charge >= 0.3 is 0 Å². The smallest absolute Gasteiger partial charge is 0.137 e. The Morgan fingerprint density at radius 1 is 1.19 bits per heavy atom. The van der Waals surface area contributed by atoms with Gasteiger partial charge in [0.05, 0.1) is 23.0 Å². The van der Waals surface area contributed by atoms with Gasteiger partial charge in [-0.2, -0.15) is 5.26 Å². The molecule has 0 aliphatic rings. The van der Waals surface area contributed by atoms with Crippen molar-refractivity contribution >= 4 is 26.7 Å². The molecule has 1 atom stereocenters. The van der Waals surface area contributed by atoms with E-state index >= 15 is 0 Å². The summed E-state index contributed by atoms with van der Waals surface area (Å²) in [6.45, 7) is 0.443. The van der Waals surface area contributed by atoms with Gasteiger partial charge in [0.1, 0.15) is 11.8 Å². The summed E-state index contributed by atoms with van der Waals surface area (Å²) in [5, 5.41) is 8.95. The highest BCUT2D eigenvalue weighted by Gasteiger charge is 2.05. The molecule has 3 nitrogen and oxygen atoms in total. The summed E-state index contributed by atoms with van der Waals surface area (Å²) < 4.78 is 18.6. The Hall–Kier alpha value is -1.64. The van der Waals surface area contributed by atoms with E-state index in [0.717, 1.165) is 9.37 Å². The Bertz CT molecular complexity index is 682. The minimum absolute atomic E-state index is 0.443. The third kappa shape index (κ3) is 4.69. The number of benzene rings is 2. The molecule has 0 aliphatic carbocycles. The number of para-hydroxylation sites is 1. The van der Waals surface area contributed by atoms with Crippen LogP contribution >= 0.6 is 15.9 Å². The van der Waals surface area contributed by atoms with Gasteiger partial charge in [0, 0.05) is 15.1 Å². The van der Waals surface area contributed by atoms with E-state index < -0.39 is 10.8 Å². The number of hydrogen-bond acceptors (Lipinski definition) is 3. The minimum atomic E-state index is -1.03. The molecule has 21 heavy (non-hydrogen) atoms. The second kappa shape index (κ2) is 7.96. The summed E-state index contributed by atoms with van der Waals surface area (Å²) in [4.78, 5) is 0.807. The SMILES string of the molecule is N#Cc1ccccc1OCCCS(=O)c1cccc(Br)c1. The van der Waals surface area contributed by atoms with Crippen molar-refractivity contribution in [3.05, 3.63) is 58.6 Å². The molecule has 0 fully saturated rings. The molecule has 0 saturated carbocycles. The fourth-order valence-electron chi connectivity index (χ4n) is 1.78. The summed E-state index contributed by atoms with van der Waals surface area (Å²) in [6, 6.07) is 16.7. The van der Waals surface area contributed by atoms with Gasteiger partial charge in [-0.25, -0.2) is 0 Å². The molecule has 108 valence electrons. The molecule has 0 saturated heterocycles. The van der Waals surface area contributed by atoms with E-state index in [2.05, 4.69) is 22.0 Å². The van der Waals surface area contributed by atoms with Crippen molar-refractivity contribution in [1.82, 2.24) is 0 Å². The maximum Gasteiger partial charge on any atom is 0.137 e. The molecule has 0 radical (unpaired) electrons. The van der Waals surface area contributed by atoms with Crippen LogP contribution in [0.15, 0.2) is 57.9 Å². The highest BCUT2D eigenvalue weighted by molar-refractivity contribution is 9.10. The normalized spacial score (nSPS) is 11.6. The summed E-state index contributed by atoms with van der Waals surface area (Å²) in [5.74, 6) is 1.11. The topological polar surface area (TPSA) is 50.1 Å². The number of halogens is 1. The van der Waals surface area contributed by atoms with Crippen LogP contribution in [0.25, 0.3) is 0 Å². The van der Waals surface area contributed by atoms with Crippen molar-refractivity contribution in [2.75, 3.05) is 12.4 Å². The van der Waals surface area contributed by atoms with Gasteiger partial charge in [-0.1, -0.05) is 34.1 Å². The molecule has 0 N–H and O–H groups in total. The van der Waals surface area contributed by atoms with E-state index in [1.807, 2.05) is 30.3 Å². The predicted molar refractivity (Wildman–Crippen MR) is 86.7 cm³/mol. The Morgan fingerprint density at radius 3 is 2.76 bits per heavy atom. The third-order valence-electron chi connectivity index (χ3n) is 2.80. The Labute approximate surface area is 135 Å². The predicted octanol–water partition coefficient (Wildman–Crippen LogP) is 3.90. The zero-order valence-electron chi connectivity index (χ0n) is 11.3. The lowest BCUT2D eigenvalue weighted by Gasteiger charge is -2.07. The lowest BCUT2D eigenvalue weighted by Crippen LogP contribution is -2.05. The molecule has 2 aromatic carbocycles. The monoisotopic (exact) mass is 363 g/mol. The largest absolute Gasteiger partial charge is 0.492 e. The van der Waals surface area contributed by atoms with Crippen LogP contribution in [0.3, 0.4) is 0 Å². The zero-order valence-corrected chi connectivity index (χ0v) is 13.7. The van der Waals surface area contributed by atoms with E-state index in [0.29, 0.717) is 30.1 Å². The van der Waals surface area contributed by atoms with Crippen LogP contribution in [-0.2, 0) is 10.8 Å². The van der Waals surface area contributed by atoms with Crippen molar-refractivity contribution in [3.8, 4) is 11.8 Å².